The lowest BCUT2D eigenvalue weighted by atomic mass is 9.98. The first-order valence-corrected chi connectivity index (χ1v) is 6.42. The molecule has 4 nitrogen and oxygen atoms in total. The van der Waals surface area contributed by atoms with Gasteiger partial charge in [0, 0.05) is 15.6 Å². The maximum Gasteiger partial charge on any atom is 0.137 e. The molecule has 0 amide bonds. The zero-order chi connectivity index (χ0) is 13.7. The second-order valence-corrected chi connectivity index (χ2v) is 5.94. The highest BCUT2D eigenvalue weighted by molar-refractivity contribution is 6.35. The molecule has 1 aliphatic rings. The molecule has 1 fully saturated rings. The Morgan fingerprint density at radius 3 is 2.28 bits per heavy atom. The van der Waals surface area contributed by atoms with Crippen LogP contribution in [0.3, 0.4) is 0 Å². The second-order valence-electron chi connectivity index (χ2n) is 5.09. The van der Waals surface area contributed by atoms with E-state index in [9.17, 15) is 10.4 Å². The molecular formula is C12H16Cl2N2O2. The van der Waals surface area contributed by atoms with Gasteiger partial charge < -0.3 is 10.4 Å². The van der Waals surface area contributed by atoms with Crippen LogP contribution in [0.25, 0.3) is 0 Å². The van der Waals surface area contributed by atoms with Crippen molar-refractivity contribution in [3.05, 3.63) is 33.8 Å². The van der Waals surface area contributed by atoms with Gasteiger partial charge in [0.15, 0.2) is 0 Å². The molecule has 0 bridgehead atoms. The minimum atomic E-state index is -0.695. The lowest BCUT2D eigenvalue weighted by Gasteiger charge is -2.29. The van der Waals surface area contributed by atoms with Crippen LogP contribution in [0.5, 0.6) is 0 Å². The topological polar surface area (TPSA) is 46.9 Å². The van der Waals surface area contributed by atoms with Crippen molar-refractivity contribution in [3.63, 3.8) is 0 Å². The van der Waals surface area contributed by atoms with Gasteiger partial charge in [0.2, 0.25) is 0 Å². The Hall–Kier alpha value is -0.360. The van der Waals surface area contributed by atoms with Crippen LogP contribution in [-0.2, 0) is 0 Å². The van der Waals surface area contributed by atoms with Gasteiger partial charge in [-0.1, -0.05) is 29.3 Å². The molecule has 2 atom stereocenters. The van der Waals surface area contributed by atoms with E-state index < -0.39 is 11.7 Å². The minimum absolute atomic E-state index is 0.237. The third-order valence-corrected chi connectivity index (χ3v) is 4.29. The van der Waals surface area contributed by atoms with E-state index in [4.69, 9.17) is 23.2 Å². The zero-order valence-electron chi connectivity index (χ0n) is 10.4. The molecule has 1 aromatic carbocycles. The van der Waals surface area contributed by atoms with Crippen molar-refractivity contribution >= 4 is 23.2 Å². The Morgan fingerprint density at radius 2 is 1.83 bits per heavy atom. The van der Waals surface area contributed by atoms with Crippen molar-refractivity contribution in [2.75, 3.05) is 0 Å². The maximum atomic E-state index is 10.2. The first-order valence-electron chi connectivity index (χ1n) is 5.67. The number of nitrogens with zero attached hydrogens (tertiary/aromatic N) is 2. The summed E-state index contributed by atoms with van der Waals surface area (Å²) in [6.07, 6.45) is -0.695. The summed E-state index contributed by atoms with van der Waals surface area (Å²) in [5.74, 6) is 0. The molecule has 1 aromatic rings. The molecule has 0 unspecified atom stereocenters. The highest BCUT2D eigenvalue weighted by Crippen LogP contribution is 2.43. The van der Waals surface area contributed by atoms with E-state index in [-0.39, 0.29) is 6.04 Å². The van der Waals surface area contributed by atoms with Crippen molar-refractivity contribution in [1.29, 1.82) is 0 Å². The molecule has 0 radical (unpaired) electrons. The van der Waals surface area contributed by atoms with Gasteiger partial charge in [-0.25, -0.2) is 0 Å². The van der Waals surface area contributed by atoms with E-state index in [1.54, 1.807) is 18.2 Å². The monoisotopic (exact) mass is 290 g/mol. The average Bonchev–Trinajstić information content (AvgIpc) is 2.43. The summed E-state index contributed by atoms with van der Waals surface area (Å²) in [6.45, 7) is 5.54. The molecule has 1 aliphatic heterocycles. The number of hydrogen-bond donors (Lipinski definition) is 2. The summed E-state index contributed by atoms with van der Waals surface area (Å²) in [5.41, 5.74) is 0.0334. The van der Waals surface area contributed by atoms with Crippen LogP contribution in [0.4, 0.5) is 0 Å². The Labute approximate surface area is 116 Å². The lowest BCUT2D eigenvalue weighted by Crippen LogP contribution is -2.43. The first-order chi connectivity index (χ1) is 8.26. The third kappa shape index (κ3) is 2.03. The maximum absolute atomic E-state index is 10.2. The van der Waals surface area contributed by atoms with E-state index in [1.165, 1.54) is 0 Å². The van der Waals surface area contributed by atoms with E-state index >= 15 is 0 Å². The van der Waals surface area contributed by atoms with Gasteiger partial charge in [-0.05, 0) is 32.9 Å². The number of rotatable bonds is 1. The van der Waals surface area contributed by atoms with Crippen molar-refractivity contribution < 1.29 is 10.4 Å². The summed E-state index contributed by atoms with van der Waals surface area (Å²) < 4.78 is 0. The smallest absolute Gasteiger partial charge is 0.137 e. The molecule has 0 aromatic heterocycles. The van der Waals surface area contributed by atoms with Gasteiger partial charge in [0.25, 0.3) is 0 Å². The van der Waals surface area contributed by atoms with Gasteiger partial charge in [0.05, 0.1) is 11.6 Å². The van der Waals surface area contributed by atoms with Crippen LogP contribution in [-0.4, -0.2) is 32.1 Å². The second kappa shape index (κ2) is 4.63. The van der Waals surface area contributed by atoms with Gasteiger partial charge >= 0.3 is 0 Å². The van der Waals surface area contributed by atoms with Crippen molar-refractivity contribution in [2.45, 2.75) is 38.5 Å². The number of benzene rings is 1. The molecular weight excluding hydrogens is 275 g/mol. The fourth-order valence-corrected chi connectivity index (χ4v) is 2.65. The van der Waals surface area contributed by atoms with Crippen LogP contribution < -0.4 is 0 Å². The number of hydroxylamine groups is 4. The van der Waals surface area contributed by atoms with Gasteiger partial charge in [-0.2, -0.15) is 10.1 Å². The molecule has 0 spiro atoms. The Balaban J connectivity index is 2.45. The fourth-order valence-electron chi connectivity index (χ4n) is 2.14. The molecule has 6 heteroatoms. The van der Waals surface area contributed by atoms with Crippen LogP contribution >= 0.6 is 23.2 Å². The quantitative estimate of drug-likeness (QED) is 0.830. The van der Waals surface area contributed by atoms with E-state index in [2.05, 4.69) is 0 Å². The van der Waals surface area contributed by atoms with Gasteiger partial charge in [-0.15, -0.1) is 0 Å². The Bertz CT molecular complexity index is 467. The standard InChI is InChI=1S/C12H16Cl2N2O2/c1-7-12(2,3)16(18)11(15(7)17)9-5-4-8(13)6-10(9)14/h4-7,11,17-18H,1-3H3/t7-,11-/m0/s1. The minimum Gasteiger partial charge on any atom is -0.312 e. The van der Waals surface area contributed by atoms with Crippen LogP contribution in [0.1, 0.15) is 32.5 Å². The number of hydrogen-bond acceptors (Lipinski definition) is 4. The molecule has 1 saturated heterocycles. The summed E-state index contributed by atoms with van der Waals surface area (Å²) in [7, 11) is 0. The predicted molar refractivity (Wildman–Crippen MR) is 70.0 cm³/mol. The van der Waals surface area contributed by atoms with Gasteiger partial charge in [0.1, 0.15) is 6.17 Å². The molecule has 0 aliphatic carbocycles. The summed E-state index contributed by atoms with van der Waals surface area (Å²) >= 11 is 12.0. The highest BCUT2D eigenvalue weighted by Gasteiger charge is 2.51. The highest BCUT2D eigenvalue weighted by atomic mass is 35.5. The van der Waals surface area contributed by atoms with E-state index in [0.717, 1.165) is 10.1 Å². The summed E-state index contributed by atoms with van der Waals surface area (Å²) in [4.78, 5) is 0. The third-order valence-electron chi connectivity index (χ3n) is 3.73. The normalized spacial score (nSPS) is 28.8. The fraction of sp³-hybridized carbons (Fsp3) is 0.500. The van der Waals surface area contributed by atoms with Crippen LogP contribution in [0.15, 0.2) is 18.2 Å². The zero-order valence-corrected chi connectivity index (χ0v) is 11.9. The molecule has 2 N–H and O–H groups in total. The van der Waals surface area contributed by atoms with Crippen molar-refractivity contribution in [3.8, 4) is 0 Å². The predicted octanol–water partition coefficient (Wildman–Crippen LogP) is 3.56. The van der Waals surface area contributed by atoms with E-state index in [0.29, 0.717) is 15.6 Å². The van der Waals surface area contributed by atoms with Crippen molar-refractivity contribution in [2.24, 2.45) is 0 Å². The van der Waals surface area contributed by atoms with E-state index in [1.807, 2.05) is 20.8 Å². The summed E-state index contributed by atoms with van der Waals surface area (Å²) in [5, 5.41) is 23.5. The summed E-state index contributed by atoms with van der Waals surface area (Å²) in [6, 6.07) is 4.74. The van der Waals surface area contributed by atoms with Crippen LogP contribution in [0.2, 0.25) is 10.0 Å². The van der Waals surface area contributed by atoms with Crippen LogP contribution in [0, 0.1) is 0 Å². The lowest BCUT2D eigenvalue weighted by molar-refractivity contribution is -0.218. The first kappa shape index (κ1) is 14.1. The number of halogens is 2. The molecule has 1 heterocycles. The Morgan fingerprint density at radius 1 is 1.22 bits per heavy atom. The molecule has 2 rings (SSSR count). The largest absolute Gasteiger partial charge is 0.312 e. The molecule has 18 heavy (non-hydrogen) atoms. The van der Waals surface area contributed by atoms with Crippen molar-refractivity contribution in [1.82, 2.24) is 10.1 Å². The molecule has 100 valence electrons. The van der Waals surface area contributed by atoms with Gasteiger partial charge in [-0.3, -0.25) is 0 Å². The average molecular weight is 291 g/mol. The Kier molecular flexibility index (Phi) is 3.62. The SMILES string of the molecule is C[C@@H]1N(O)[C@H](c2ccc(Cl)cc2Cl)N(O)C1(C)C. The molecule has 0 saturated carbocycles.